The van der Waals surface area contributed by atoms with Crippen molar-refractivity contribution >= 4 is 22.6 Å². The third-order valence-corrected chi connectivity index (χ3v) is 5.18. The van der Waals surface area contributed by atoms with Crippen LogP contribution >= 0.6 is 0 Å². The molecule has 3 N–H and O–H groups in total. The summed E-state index contributed by atoms with van der Waals surface area (Å²) in [4.78, 5) is 12.5. The van der Waals surface area contributed by atoms with Gasteiger partial charge >= 0.3 is 6.03 Å². The molecule has 1 atom stereocenters. The molecule has 2 amide bonds. The number of halogens is 2. The van der Waals surface area contributed by atoms with Crippen LogP contribution in [0.15, 0.2) is 42.6 Å². The van der Waals surface area contributed by atoms with E-state index in [9.17, 15) is 13.6 Å². The van der Waals surface area contributed by atoms with Gasteiger partial charge in [-0.15, -0.1) is 0 Å². The molecular formula is C21H22F2N4O. The van der Waals surface area contributed by atoms with Gasteiger partial charge in [-0.2, -0.15) is 5.10 Å². The zero-order chi connectivity index (χ0) is 20.1. The topological polar surface area (TPSA) is 69.8 Å². The second kappa shape index (κ2) is 6.29. The second-order valence-corrected chi connectivity index (χ2v) is 8.27. The standard InChI is InChI=1S/C21H22F2N4O/c1-20(2,3)13-7-8-14-12(9-13)10-21(22,23)18(14)26-19(28)25-16-5-4-6-17-15(16)11-24-27-17/h4-9,11,18H,10H2,1-3H3,(H,24,27)(H2,25,26,28). The van der Waals surface area contributed by atoms with Crippen molar-refractivity contribution in [3.05, 3.63) is 59.3 Å². The fourth-order valence-corrected chi connectivity index (χ4v) is 3.64. The minimum atomic E-state index is -3.04. The van der Waals surface area contributed by atoms with E-state index in [4.69, 9.17) is 0 Å². The summed E-state index contributed by atoms with van der Waals surface area (Å²) < 4.78 is 29.3. The van der Waals surface area contributed by atoms with Crippen LogP contribution in [0.5, 0.6) is 0 Å². The zero-order valence-electron chi connectivity index (χ0n) is 15.9. The van der Waals surface area contributed by atoms with E-state index in [2.05, 4.69) is 20.8 Å². The number of rotatable bonds is 2. The Hall–Kier alpha value is -2.96. The Labute approximate surface area is 161 Å². The van der Waals surface area contributed by atoms with Crippen LogP contribution in [-0.4, -0.2) is 22.2 Å². The van der Waals surface area contributed by atoms with Gasteiger partial charge in [0.2, 0.25) is 0 Å². The predicted molar refractivity (Wildman–Crippen MR) is 105 cm³/mol. The zero-order valence-corrected chi connectivity index (χ0v) is 15.9. The van der Waals surface area contributed by atoms with E-state index < -0.39 is 18.0 Å². The first-order valence-corrected chi connectivity index (χ1v) is 9.16. The number of hydrogen-bond donors (Lipinski definition) is 3. The maximum absolute atomic E-state index is 14.7. The maximum atomic E-state index is 14.7. The van der Waals surface area contributed by atoms with E-state index in [-0.39, 0.29) is 11.8 Å². The lowest BCUT2D eigenvalue weighted by Crippen LogP contribution is -2.40. The molecule has 0 saturated heterocycles. The second-order valence-electron chi connectivity index (χ2n) is 8.27. The number of carbonyl (C=O) groups is 1. The van der Waals surface area contributed by atoms with Crippen LogP contribution in [0.25, 0.3) is 10.9 Å². The van der Waals surface area contributed by atoms with E-state index >= 15 is 0 Å². The van der Waals surface area contributed by atoms with Crippen molar-refractivity contribution in [2.45, 2.75) is 44.6 Å². The number of carbonyl (C=O) groups excluding carboxylic acids is 1. The monoisotopic (exact) mass is 384 g/mol. The number of nitrogens with one attached hydrogen (secondary N) is 3. The van der Waals surface area contributed by atoms with Crippen LogP contribution in [-0.2, 0) is 11.8 Å². The maximum Gasteiger partial charge on any atom is 0.319 e. The molecule has 7 heteroatoms. The van der Waals surface area contributed by atoms with E-state index in [0.29, 0.717) is 22.2 Å². The summed E-state index contributed by atoms with van der Waals surface area (Å²) in [5, 5.41) is 12.6. The molecule has 4 rings (SSSR count). The molecule has 0 fully saturated rings. The molecule has 28 heavy (non-hydrogen) atoms. The van der Waals surface area contributed by atoms with Crippen molar-refractivity contribution in [1.82, 2.24) is 15.5 Å². The molecule has 0 bridgehead atoms. The van der Waals surface area contributed by atoms with Crippen LogP contribution in [0.4, 0.5) is 19.3 Å². The van der Waals surface area contributed by atoms with Crippen LogP contribution in [0.3, 0.4) is 0 Å². The molecule has 0 saturated carbocycles. The normalized spacial score (nSPS) is 18.1. The van der Waals surface area contributed by atoms with Crippen molar-refractivity contribution in [3.63, 3.8) is 0 Å². The van der Waals surface area contributed by atoms with Gasteiger partial charge in [0.05, 0.1) is 17.4 Å². The first-order valence-electron chi connectivity index (χ1n) is 9.16. The van der Waals surface area contributed by atoms with E-state index in [0.717, 1.165) is 11.1 Å². The molecule has 0 spiro atoms. The summed E-state index contributed by atoms with van der Waals surface area (Å²) in [7, 11) is 0. The van der Waals surface area contributed by atoms with Gasteiger partial charge in [-0.3, -0.25) is 5.10 Å². The van der Waals surface area contributed by atoms with Crippen molar-refractivity contribution in [1.29, 1.82) is 0 Å². The van der Waals surface area contributed by atoms with Crippen LogP contribution in [0, 0.1) is 0 Å². The number of amides is 2. The predicted octanol–water partition coefficient (Wildman–Crippen LogP) is 4.91. The summed E-state index contributed by atoms with van der Waals surface area (Å²) in [6.45, 7) is 6.13. The number of hydrogen-bond acceptors (Lipinski definition) is 2. The fourth-order valence-electron chi connectivity index (χ4n) is 3.64. The van der Waals surface area contributed by atoms with Crippen molar-refractivity contribution in [2.75, 3.05) is 5.32 Å². The first kappa shape index (κ1) is 18.4. The highest BCUT2D eigenvalue weighted by atomic mass is 19.3. The van der Waals surface area contributed by atoms with Crippen LogP contribution < -0.4 is 10.6 Å². The third-order valence-electron chi connectivity index (χ3n) is 5.18. The van der Waals surface area contributed by atoms with Crippen molar-refractivity contribution < 1.29 is 13.6 Å². The Morgan fingerprint density at radius 1 is 1.25 bits per heavy atom. The Morgan fingerprint density at radius 2 is 2.04 bits per heavy atom. The number of aromatic amines is 1. The summed E-state index contributed by atoms with van der Waals surface area (Å²) in [6, 6.07) is 8.63. The van der Waals surface area contributed by atoms with Crippen molar-refractivity contribution in [3.8, 4) is 0 Å². The number of anilines is 1. The minimum absolute atomic E-state index is 0.128. The van der Waals surface area contributed by atoms with Gasteiger partial charge < -0.3 is 10.6 Å². The van der Waals surface area contributed by atoms with E-state index in [1.54, 1.807) is 24.4 Å². The molecule has 1 aliphatic carbocycles. The summed E-state index contributed by atoms with van der Waals surface area (Å²) >= 11 is 0. The quantitative estimate of drug-likeness (QED) is 0.587. The van der Waals surface area contributed by atoms with Gasteiger partial charge in [-0.25, -0.2) is 13.6 Å². The Balaban J connectivity index is 1.58. The summed E-state index contributed by atoms with van der Waals surface area (Å²) in [5.74, 6) is -3.04. The number of benzene rings is 2. The van der Waals surface area contributed by atoms with Gasteiger partial charge in [0.1, 0.15) is 6.04 Å². The number of nitrogens with zero attached hydrogens (tertiary/aromatic N) is 1. The van der Waals surface area contributed by atoms with Crippen molar-refractivity contribution in [2.24, 2.45) is 0 Å². The Kier molecular flexibility index (Phi) is 4.14. The molecule has 1 aliphatic rings. The minimum Gasteiger partial charge on any atom is -0.325 e. The number of urea groups is 1. The largest absolute Gasteiger partial charge is 0.325 e. The highest BCUT2D eigenvalue weighted by molar-refractivity contribution is 6.00. The molecule has 146 valence electrons. The number of H-pyrrole nitrogens is 1. The molecule has 5 nitrogen and oxygen atoms in total. The van der Waals surface area contributed by atoms with Gasteiger partial charge in [0.15, 0.2) is 0 Å². The SMILES string of the molecule is CC(C)(C)c1ccc2c(c1)CC(F)(F)C2NC(=O)Nc1cccc2[nH]ncc12. The number of fused-ring (bicyclic) bond motifs is 2. The smallest absolute Gasteiger partial charge is 0.319 e. The average molecular weight is 384 g/mol. The first-order chi connectivity index (χ1) is 13.1. The number of alkyl halides is 2. The van der Waals surface area contributed by atoms with Crippen LogP contribution in [0.2, 0.25) is 0 Å². The van der Waals surface area contributed by atoms with E-state index in [1.807, 2.05) is 39.0 Å². The van der Waals surface area contributed by atoms with Gasteiger partial charge in [-0.1, -0.05) is 45.0 Å². The number of aromatic nitrogens is 2. The van der Waals surface area contributed by atoms with Gasteiger partial charge in [0, 0.05) is 11.8 Å². The lowest BCUT2D eigenvalue weighted by atomic mass is 9.85. The van der Waals surface area contributed by atoms with Gasteiger partial charge in [-0.05, 0) is 34.2 Å². The highest BCUT2D eigenvalue weighted by Gasteiger charge is 2.48. The highest BCUT2D eigenvalue weighted by Crippen LogP contribution is 2.44. The molecule has 0 radical (unpaired) electrons. The van der Waals surface area contributed by atoms with Gasteiger partial charge in [0.25, 0.3) is 5.92 Å². The third kappa shape index (κ3) is 3.21. The molecule has 1 heterocycles. The molecule has 2 aromatic carbocycles. The Morgan fingerprint density at radius 3 is 2.79 bits per heavy atom. The molecule has 3 aromatic rings. The van der Waals surface area contributed by atoms with Crippen LogP contribution in [0.1, 0.15) is 43.5 Å². The summed E-state index contributed by atoms with van der Waals surface area (Å²) in [5.41, 5.74) is 3.18. The molecular weight excluding hydrogens is 362 g/mol. The lowest BCUT2D eigenvalue weighted by molar-refractivity contribution is -0.0215. The molecule has 0 aliphatic heterocycles. The fraction of sp³-hybridized carbons (Fsp3) is 0.333. The average Bonchev–Trinajstić information content (AvgIpc) is 3.17. The molecule has 1 unspecified atom stereocenters. The molecule has 1 aromatic heterocycles. The summed E-state index contributed by atoms with van der Waals surface area (Å²) in [6.07, 6.45) is 1.20. The lowest BCUT2D eigenvalue weighted by Gasteiger charge is -2.22. The Bertz CT molecular complexity index is 1050. The van der Waals surface area contributed by atoms with E-state index in [1.165, 1.54) is 0 Å².